The van der Waals surface area contributed by atoms with Gasteiger partial charge in [0, 0.05) is 31.1 Å². The monoisotopic (exact) mass is 343 g/mol. The summed E-state index contributed by atoms with van der Waals surface area (Å²) in [6.45, 7) is 5.59. The predicted octanol–water partition coefficient (Wildman–Crippen LogP) is 3.09. The third-order valence-electron chi connectivity index (χ3n) is 5.02. The second-order valence-corrected chi connectivity index (χ2v) is 8.11. The lowest BCUT2D eigenvalue weighted by molar-refractivity contribution is -0.0965. The van der Waals surface area contributed by atoms with Gasteiger partial charge in [0.1, 0.15) is 17.4 Å². The van der Waals surface area contributed by atoms with Crippen LogP contribution < -0.4 is 0 Å². The average molecular weight is 343 g/mol. The van der Waals surface area contributed by atoms with Gasteiger partial charge in [-0.2, -0.15) is 5.26 Å². The fraction of sp³-hybridized carbons (Fsp3) is 0.632. The molecule has 1 aromatic heterocycles. The first-order chi connectivity index (χ1) is 11.7. The summed E-state index contributed by atoms with van der Waals surface area (Å²) in [5.74, 6) is 0. The minimum absolute atomic E-state index is 0.0500. The van der Waals surface area contributed by atoms with Gasteiger partial charge in [0.25, 0.3) is 0 Å². The van der Waals surface area contributed by atoms with Gasteiger partial charge in [-0.15, -0.1) is 0 Å². The number of nitriles is 1. The van der Waals surface area contributed by atoms with Crippen molar-refractivity contribution < 1.29 is 14.6 Å². The Bertz CT molecular complexity index is 691. The average Bonchev–Trinajstić information content (AvgIpc) is 2.52. The molecule has 0 radical (unpaired) electrons. The van der Waals surface area contributed by atoms with E-state index < -0.39 is 11.2 Å². The number of carbonyl (C=O) groups is 1. The van der Waals surface area contributed by atoms with Crippen LogP contribution in [0.15, 0.2) is 18.3 Å². The summed E-state index contributed by atoms with van der Waals surface area (Å²) in [5.41, 5.74) is -0.570. The lowest BCUT2D eigenvalue weighted by Crippen LogP contribution is -2.59. The summed E-state index contributed by atoms with van der Waals surface area (Å²) >= 11 is 0. The Morgan fingerprint density at radius 1 is 1.40 bits per heavy atom. The normalized spacial score (nSPS) is 29.0. The van der Waals surface area contributed by atoms with Crippen LogP contribution in [0, 0.1) is 11.3 Å². The summed E-state index contributed by atoms with van der Waals surface area (Å²) in [7, 11) is 0. The van der Waals surface area contributed by atoms with E-state index in [9.17, 15) is 9.90 Å². The van der Waals surface area contributed by atoms with Gasteiger partial charge >= 0.3 is 6.09 Å². The number of aromatic nitrogens is 1. The Morgan fingerprint density at radius 3 is 2.60 bits per heavy atom. The Hall–Kier alpha value is -2.13. The van der Waals surface area contributed by atoms with Gasteiger partial charge < -0.3 is 14.7 Å². The first-order valence-corrected chi connectivity index (χ1v) is 8.82. The number of hydrogen-bond acceptors (Lipinski definition) is 5. The van der Waals surface area contributed by atoms with Gasteiger partial charge in [0.15, 0.2) is 0 Å². The summed E-state index contributed by atoms with van der Waals surface area (Å²) < 4.78 is 5.58. The van der Waals surface area contributed by atoms with Crippen molar-refractivity contribution in [3.05, 3.63) is 29.6 Å². The molecule has 2 unspecified atom stereocenters. The lowest BCUT2D eigenvalue weighted by atomic mass is 9.73. The van der Waals surface area contributed by atoms with Crippen molar-refractivity contribution in [1.82, 2.24) is 9.88 Å². The highest BCUT2D eigenvalue weighted by atomic mass is 16.6. The van der Waals surface area contributed by atoms with Crippen molar-refractivity contribution in [2.75, 3.05) is 0 Å². The summed E-state index contributed by atoms with van der Waals surface area (Å²) in [6.07, 6.45) is 4.93. The van der Waals surface area contributed by atoms with E-state index in [0.717, 1.165) is 19.3 Å². The summed E-state index contributed by atoms with van der Waals surface area (Å²) in [6, 6.07) is 5.34. The van der Waals surface area contributed by atoms with Gasteiger partial charge in [0.2, 0.25) is 0 Å². The van der Waals surface area contributed by atoms with E-state index >= 15 is 0 Å². The van der Waals surface area contributed by atoms with E-state index in [-0.39, 0.29) is 18.2 Å². The second-order valence-electron chi connectivity index (χ2n) is 8.11. The molecule has 2 atom stereocenters. The molecule has 6 nitrogen and oxygen atoms in total. The smallest absolute Gasteiger partial charge is 0.410 e. The number of hydrogen-bond donors (Lipinski definition) is 1. The molecule has 0 spiro atoms. The second kappa shape index (κ2) is 6.30. The van der Waals surface area contributed by atoms with Crippen molar-refractivity contribution in [3.63, 3.8) is 0 Å². The molecular weight excluding hydrogens is 318 g/mol. The molecule has 3 rings (SSSR count). The number of rotatable bonds is 1. The number of nitrogens with zero attached hydrogens (tertiary/aromatic N) is 3. The molecule has 3 heterocycles. The number of ether oxygens (including phenoxy) is 1. The first-order valence-electron chi connectivity index (χ1n) is 8.82. The number of aliphatic hydroxyl groups is 1. The van der Waals surface area contributed by atoms with Crippen LogP contribution in [0.3, 0.4) is 0 Å². The molecule has 0 aliphatic carbocycles. The summed E-state index contributed by atoms with van der Waals surface area (Å²) in [4.78, 5) is 18.5. The maximum Gasteiger partial charge on any atom is 0.410 e. The van der Waals surface area contributed by atoms with Crippen LogP contribution in [0.2, 0.25) is 0 Å². The third kappa shape index (κ3) is 3.62. The van der Waals surface area contributed by atoms with E-state index in [4.69, 9.17) is 10.00 Å². The molecule has 25 heavy (non-hydrogen) atoms. The molecule has 2 saturated heterocycles. The van der Waals surface area contributed by atoms with Crippen LogP contribution in [-0.2, 0) is 10.3 Å². The van der Waals surface area contributed by atoms with E-state index in [2.05, 4.69) is 4.98 Å². The number of amides is 1. The molecule has 2 aliphatic rings. The highest BCUT2D eigenvalue weighted by Crippen LogP contribution is 2.44. The molecule has 1 amide bonds. The van der Waals surface area contributed by atoms with Gasteiger partial charge in [-0.1, -0.05) is 0 Å². The summed E-state index contributed by atoms with van der Waals surface area (Å²) in [5, 5.41) is 20.3. The van der Waals surface area contributed by atoms with Crippen LogP contribution in [0.4, 0.5) is 4.79 Å². The van der Waals surface area contributed by atoms with E-state index in [1.165, 1.54) is 0 Å². The van der Waals surface area contributed by atoms with Gasteiger partial charge in [-0.05, 0) is 57.7 Å². The maximum atomic E-state index is 12.6. The van der Waals surface area contributed by atoms with Crippen LogP contribution in [0.5, 0.6) is 0 Å². The largest absolute Gasteiger partial charge is 0.444 e. The molecular formula is C19H25N3O3. The van der Waals surface area contributed by atoms with Crippen molar-refractivity contribution >= 4 is 6.09 Å². The standard InChI is InChI=1S/C19H25N3O3/c1-18(2,3)25-17(23)22-15-5-4-6-16(22)11-19(24,10-15)13-7-8-21-14(9-13)12-20/h7-9,15-16,24H,4-6,10-11H2,1-3H3. The fourth-order valence-corrected chi connectivity index (χ4v) is 4.06. The van der Waals surface area contributed by atoms with Crippen molar-refractivity contribution in [2.24, 2.45) is 0 Å². The molecule has 6 heteroatoms. The minimum Gasteiger partial charge on any atom is -0.444 e. The molecule has 0 saturated carbocycles. The molecule has 2 bridgehead atoms. The molecule has 1 N–H and O–H groups in total. The van der Waals surface area contributed by atoms with E-state index in [1.807, 2.05) is 31.7 Å². The number of piperidine rings is 2. The highest BCUT2D eigenvalue weighted by Gasteiger charge is 2.49. The van der Waals surface area contributed by atoms with Crippen LogP contribution in [-0.4, -0.2) is 38.8 Å². The van der Waals surface area contributed by atoms with E-state index in [1.54, 1.807) is 18.3 Å². The molecule has 0 aromatic carbocycles. The van der Waals surface area contributed by atoms with Crippen molar-refractivity contribution in [2.45, 2.75) is 76.2 Å². The minimum atomic E-state index is -1.04. The van der Waals surface area contributed by atoms with Gasteiger partial charge in [0.05, 0.1) is 5.60 Å². The number of carbonyl (C=O) groups excluding carboxylic acids is 1. The Morgan fingerprint density at radius 2 is 2.04 bits per heavy atom. The predicted molar refractivity (Wildman–Crippen MR) is 91.6 cm³/mol. The zero-order chi connectivity index (χ0) is 18.2. The first kappa shape index (κ1) is 17.7. The van der Waals surface area contributed by atoms with E-state index in [0.29, 0.717) is 24.1 Å². The Balaban J connectivity index is 1.85. The number of pyridine rings is 1. The Kier molecular flexibility index (Phi) is 4.46. The topological polar surface area (TPSA) is 86.4 Å². The Labute approximate surface area is 148 Å². The third-order valence-corrected chi connectivity index (χ3v) is 5.02. The lowest BCUT2D eigenvalue weighted by Gasteiger charge is -2.51. The number of fused-ring (bicyclic) bond motifs is 2. The SMILES string of the molecule is CC(C)(C)OC(=O)N1C2CCCC1CC(O)(c1ccnc(C#N)c1)C2. The van der Waals surface area contributed by atoms with Crippen LogP contribution >= 0.6 is 0 Å². The molecule has 2 fully saturated rings. The quantitative estimate of drug-likeness (QED) is 0.847. The zero-order valence-corrected chi connectivity index (χ0v) is 15.0. The van der Waals surface area contributed by atoms with Gasteiger partial charge in [-0.25, -0.2) is 9.78 Å². The zero-order valence-electron chi connectivity index (χ0n) is 15.0. The maximum absolute atomic E-state index is 12.6. The molecule has 2 aliphatic heterocycles. The van der Waals surface area contributed by atoms with Gasteiger partial charge in [-0.3, -0.25) is 0 Å². The van der Waals surface area contributed by atoms with Crippen molar-refractivity contribution in [1.29, 1.82) is 5.26 Å². The van der Waals surface area contributed by atoms with Crippen molar-refractivity contribution in [3.8, 4) is 6.07 Å². The fourth-order valence-electron chi connectivity index (χ4n) is 4.06. The van der Waals surface area contributed by atoms with Crippen LogP contribution in [0.1, 0.15) is 64.1 Å². The highest BCUT2D eigenvalue weighted by molar-refractivity contribution is 5.69. The molecule has 134 valence electrons. The van der Waals surface area contributed by atoms with Crippen LogP contribution in [0.25, 0.3) is 0 Å². The molecule has 1 aromatic rings.